The van der Waals surface area contributed by atoms with E-state index >= 15 is 0 Å². The van der Waals surface area contributed by atoms with Gasteiger partial charge in [0.1, 0.15) is 0 Å². The van der Waals surface area contributed by atoms with Crippen LogP contribution in [0, 0.1) is 5.92 Å². The van der Waals surface area contributed by atoms with Crippen molar-refractivity contribution in [2.75, 3.05) is 6.61 Å². The number of aryl methyl sites for hydroxylation is 2. The van der Waals surface area contributed by atoms with Gasteiger partial charge < -0.3 is 5.11 Å². The first-order valence-corrected chi connectivity index (χ1v) is 4.30. The van der Waals surface area contributed by atoms with Crippen LogP contribution in [0.4, 0.5) is 0 Å². The molecule has 0 aliphatic heterocycles. The second kappa shape index (κ2) is 4.26. The number of nitrogens with zero attached hydrogens (tertiary/aromatic N) is 2. The Bertz CT molecular complexity index is 232. The molecule has 0 bridgehead atoms. The molecule has 0 spiro atoms. The zero-order chi connectivity index (χ0) is 8.97. The average Bonchev–Trinajstić information content (AvgIpc) is 2.47. The Hall–Kier alpha value is -0.830. The summed E-state index contributed by atoms with van der Waals surface area (Å²) < 4.78 is 1.80. The van der Waals surface area contributed by atoms with E-state index in [4.69, 9.17) is 5.11 Å². The van der Waals surface area contributed by atoms with Crippen molar-refractivity contribution >= 4 is 0 Å². The molecule has 1 unspecified atom stereocenters. The van der Waals surface area contributed by atoms with Gasteiger partial charge >= 0.3 is 0 Å². The summed E-state index contributed by atoms with van der Waals surface area (Å²) >= 11 is 0. The standard InChI is InChI=1S/C9H16N2O/c1-8(7-12)3-4-9-5-10-11(2)6-9/h5-6,8,12H,3-4,7H2,1-2H3. The fourth-order valence-electron chi connectivity index (χ4n) is 1.11. The molecule has 0 aromatic carbocycles. The molecular weight excluding hydrogens is 152 g/mol. The summed E-state index contributed by atoms with van der Waals surface area (Å²) in [6.07, 6.45) is 5.94. The summed E-state index contributed by atoms with van der Waals surface area (Å²) in [5.41, 5.74) is 1.25. The lowest BCUT2D eigenvalue weighted by molar-refractivity contribution is 0.230. The first-order valence-electron chi connectivity index (χ1n) is 4.30. The van der Waals surface area contributed by atoms with Crippen molar-refractivity contribution in [1.29, 1.82) is 0 Å². The molecule has 0 aliphatic rings. The molecule has 68 valence electrons. The van der Waals surface area contributed by atoms with Crippen LogP contribution in [0.15, 0.2) is 12.4 Å². The Kier molecular flexibility index (Phi) is 3.29. The van der Waals surface area contributed by atoms with E-state index in [1.807, 2.05) is 19.4 Å². The van der Waals surface area contributed by atoms with E-state index in [1.54, 1.807) is 4.68 Å². The highest BCUT2D eigenvalue weighted by Crippen LogP contribution is 2.07. The van der Waals surface area contributed by atoms with Crippen molar-refractivity contribution in [3.05, 3.63) is 18.0 Å². The molecule has 12 heavy (non-hydrogen) atoms. The van der Waals surface area contributed by atoms with E-state index in [2.05, 4.69) is 12.0 Å². The van der Waals surface area contributed by atoms with Crippen LogP contribution < -0.4 is 0 Å². The predicted molar refractivity (Wildman–Crippen MR) is 47.8 cm³/mol. The van der Waals surface area contributed by atoms with E-state index < -0.39 is 0 Å². The molecule has 0 saturated heterocycles. The second-order valence-electron chi connectivity index (χ2n) is 3.35. The molecule has 1 aromatic heterocycles. The Balaban J connectivity index is 2.33. The largest absolute Gasteiger partial charge is 0.396 e. The minimum atomic E-state index is 0.278. The van der Waals surface area contributed by atoms with Gasteiger partial charge in [0.2, 0.25) is 0 Å². The fraction of sp³-hybridized carbons (Fsp3) is 0.667. The van der Waals surface area contributed by atoms with Gasteiger partial charge in [-0.3, -0.25) is 4.68 Å². The average molecular weight is 168 g/mol. The summed E-state index contributed by atoms with van der Waals surface area (Å²) in [5, 5.41) is 12.9. The zero-order valence-corrected chi connectivity index (χ0v) is 7.70. The second-order valence-corrected chi connectivity index (χ2v) is 3.35. The van der Waals surface area contributed by atoms with Gasteiger partial charge in [-0.1, -0.05) is 6.92 Å². The third-order valence-electron chi connectivity index (χ3n) is 2.00. The van der Waals surface area contributed by atoms with Crippen LogP contribution in [-0.4, -0.2) is 21.5 Å². The Morgan fingerprint density at radius 1 is 1.67 bits per heavy atom. The topological polar surface area (TPSA) is 38.1 Å². The normalized spacial score (nSPS) is 13.2. The molecule has 1 atom stereocenters. The van der Waals surface area contributed by atoms with Crippen molar-refractivity contribution in [1.82, 2.24) is 9.78 Å². The van der Waals surface area contributed by atoms with Crippen LogP contribution in [0.3, 0.4) is 0 Å². The van der Waals surface area contributed by atoms with Crippen molar-refractivity contribution in [3.63, 3.8) is 0 Å². The zero-order valence-electron chi connectivity index (χ0n) is 7.70. The molecular formula is C9H16N2O. The van der Waals surface area contributed by atoms with Crippen LogP contribution in [0.5, 0.6) is 0 Å². The van der Waals surface area contributed by atoms with Crippen molar-refractivity contribution < 1.29 is 5.11 Å². The lowest BCUT2D eigenvalue weighted by atomic mass is 10.0. The number of hydrogen-bond donors (Lipinski definition) is 1. The van der Waals surface area contributed by atoms with Gasteiger partial charge in [0.05, 0.1) is 6.20 Å². The smallest absolute Gasteiger partial charge is 0.0521 e. The third-order valence-corrected chi connectivity index (χ3v) is 2.00. The van der Waals surface area contributed by atoms with Crippen molar-refractivity contribution in [3.8, 4) is 0 Å². The van der Waals surface area contributed by atoms with Crippen LogP contribution in [0.1, 0.15) is 18.9 Å². The minimum Gasteiger partial charge on any atom is -0.396 e. The summed E-state index contributed by atoms with van der Waals surface area (Å²) in [6, 6.07) is 0. The van der Waals surface area contributed by atoms with Crippen molar-refractivity contribution in [2.24, 2.45) is 13.0 Å². The van der Waals surface area contributed by atoms with Gasteiger partial charge in [0, 0.05) is 19.9 Å². The highest BCUT2D eigenvalue weighted by Gasteiger charge is 2.01. The molecule has 0 saturated carbocycles. The van der Waals surface area contributed by atoms with Crippen LogP contribution in [-0.2, 0) is 13.5 Å². The highest BCUT2D eigenvalue weighted by atomic mass is 16.3. The van der Waals surface area contributed by atoms with E-state index in [9.17, 15) is 0 Å². The summed E-state index contributed by atoms with van der Waals surface area (Å²) in [6.45, 7) is 2.33. The Labute approximate surface area is 73.0 Å². The molecule has 1 aromatic rings. The number of aliphatic hydroxyl groups is 1. The number of aromatic nitrogens is 2. The van der Waals surface area contributed by atoms with Gasteiger partial charge in [-0.15, -0.1) is 0 Å². The molecule has 0 fully saturated rings. The van der Waals surface area contributed by atoms with Gasteiger partial charge in [-0.2, -0.15) is 5.10 Å². The molecule has 1 heterocycles. The maximum absolute atomic E-state index is 8.80. The maximum Gasteiger partial charge on any atom is 0.0521 e. The van der Waals surface area contributed by atoms with E-state index in [0.29, 0.717) is 5.92 Å². The molecule has 1 N–H and O–H groups in total. The predicted octanol–water partition coefficient (Wildman–Crippen LogP) is 0.981. The highest BCUT2D eigenvalue weighted by molar-refractivity contribution is 5.03. The van der Waals surface area contributed by atoms with Crippen LogP contribution in [0.2, 0.25) is 0 Å². The number of aliphatic hydroxyl groups excluding tert-OH is 1. The molecule has 1 rings (SSSR count). The summed E-state index contributed by atoms with van der Waals surface area (Å²) in [5.74, 6) is 0.394. The van der Waals surface area contributed by atoms with Crippen LogP contribution in [0.25, 0.3) is 0 Å². The van der Waals surface area contributed by atoms with E-state index in [-0.39, 0.29) is 6.61 Å². The minimum absolute atomic E-state index is 0.278. The van der Waals surface area contributed by atoms with Crippen molar-refractivity contribution in [2.45, 2.75) is 19.8 Å². The summed E-state index contributed by atoms with van der Waals surface area (Å²) in [4.78, 5) is 0. The fourth-order valence-corrected chi connectivity index (χ4v) is 1.11. The van der Waals surface area contributed by atoms with Gasteiger partial charge in [0.25, 0.3) is 0 Å². The number of hydrogen-bond acceptors (Lipinski definition) is 2. The van der Waals surface area contributed by atoms with E-state index in [1.165, 1.54) is 5.56 Å². The van der Waals surface area contributed by atoms with Gasteiger partial charge in [-0.25, -0.2) is 0 Å². The molecule has 3 nitrogen and oxygen atoms in total. The maximum atomic E-state index is 8.80. The van der Waals surface area contributed by atoms with Crippen LogP contribution >= 0.6 is 0 Å². The molecule has 0 aliphatic carbocycles. The van der Waals surface area contributed by atoms with Gasteiger partial charge in [0.15, 0.2) is 0 Å². The Morgan fingerprint density at radius 2 is 2.42 bits per heavy atom. The molecule has 0 amide bonds. The number of rotatable bonds is 4. The first kappa shape index (κ1) is 9.26. The lowest BCUT2D eigenvalue weighted by Gasteiger charge is -2.04. The third kappa shape index (κ3) is 2.66. The lowest BCUT2D eigenvalue weighted by Crippen LogP contribution is -2.01. The first-order chi connectivity index (χ1) is 5.72. The van der Waals surface area contributed by atoms with Gasteiger partial charge in [-0.05, 0) is 24.3 Å². The SMILES string of the molecule is CC(CO)CCc1cnn(C)c1. The quantitative estimate of drug-likeness (QED) is 0.727. The Morgan fingerprint density at radius 3 is 2.92 bits per heavy atom. The molecule has 0 radical (unpaired) electrons. The molecule has 3 heteroatoms. The monoisotopic (exact) mass is 168 g/mol. The van der Waals surface area contributed by atoms with E-state index in [0.717, 1.165) is 12.8 Å². The summed E-state index contributed by atoms with van der Waals surface area (Å²) in [7, 11) is 1.92.